The molecule has 0 spiro atoms. The zero-order chi connectivity index (χ0) is 18.4. The van der Waals surface area contributed by atoms with Gasteiger partial charge in [0.25, 0.3) is 0 Å². The molecule has 1 aliphatic heterocycles. The first-order valence-corrected chi connectivity index (χ1v) is 8.40. The summed E-state index contributed by atoms with van der Waals surface area (Å²) in [5, 5.41) is 9.70. The van der Waals surface area contributed by atoms with Crippen molar-refractivity contribution in [3.8, 4) is 28.3 Å². The normalized spacial score (nSPS) is 12.4. The van der Waals surface area contributed by atoms with E-state index in [9.17, 15) is 14.3 Å². The third-order valence-corrected chi connectivity index (χ3v) is 4.93. The summed E-state index contributed by atoms with van der Waals surface area (Å²) in [6.45, 7) is 2.60. The van der Waals surface area contributed by atoms with E-state index in [2.05, 4.69) is 0 Å². The van der Waals surface area contributed by atoms with E-state index in [1.54, 1.807) is 25.3 Å². The van der Waals surface area contributed by atoms with Gasteiger partial charge in [0, 0.05) is 23.4 Å². The Morgan fingerprint density at radius 3 is 2.73 bits per heavy atom. The Hall–Kier alpha value is -3.08. The molecule has 0 atom stereocenters. The van der Waals surface area contributed by atoms with Crippen LogP contribution >= 0.6 is 0 Å². The highest BCUT2D eigenvalue weighted by Crippen LogP contribution is 2.40. The first-order valence-electron chi connectivity index (χ1n) is 8.40. The van der Waals surface area contributed by atoms with E-state index in [4.69, 9.17) is 4.74 Å². The number of rotatable bonds is 3. The van der Waals surface area contributed by atoms with Crippen molar-refractivity contribution in [1.29, 1.82) is 0 Å². The molecule has 3 aromatic rings. The van der Waals surface area contributed by atoms with Crippen LogP contribution in [0.2, 0.25) is 0 Å². The molecule has 0 radical (unpaired) electrons. The fourth-order valence-electron chi connectivity index (χ4n) is 3.74. The van der Waals surface area contributed by atoms with Gasteiger partial charge in [-0.15, -0.1) is 0 Å². The average molecular weight is 351 g/mol. The zero-order valence-corrected chi connectivity index (χ0v) is 14.5. The van der Waals surface area contributed by atoms with Gasteiger partial charge in [-0.25, -0.2) is 9.18 Å². The molecule has 0 fully saturated rings. The third-order valence-electron chi connectivity index (χ3n) is 4.93. The smallest absolute Gasteiger partial charge is 0.337 e. The Labute approximate surface area is 150 Å². The van der Waals surface area contributed by atoms with Crippen molar-refractivity contribution < 1.29 is 19.0 Å². The molecule has 1 N–H and O–H groups in total. The molecule has 1 aromatic heterocycles. The number of carboxylic acids is 1. The molecule has 0 saturated heterocycles. The van der Waals surface area contributed by atoms with Crippen LogP contribution in [0.15, 0.2) is 42.5 Å². The van der Waals surface area contributed by atoms with Crippen molar-refractivity contribution in [2.45, 2.75) is 19.9 Å². The van der Waals surface area contributed by atoms with Gasteiger partial charge in [0.2, 0.25) is 0 Å². The molecule has 5 heteroatoms. The molecule has 0 aliphatic carbocycles. The van der Waals surface area contributed by atoms with Crippen LogP contribution in [0.1, 0.15) is 21.5 Å². The minimum absolute atomic E-state index is 0.187. The number of aryl methyl sites for hydroxylation is 2. The Balaban J connectivity index is 1.98. The van der Waals surface area contributed by atoms with Gasteiger partial charge in [0.15, 0.2) is 0 Å². The highest BCUT2D eigenvalue weighted by atomic mass is 19.1. The number of ether oxygens (including phenoxy) is 1. The molecular weight excluding hydrogens is 333 g/mol. The fourth-order valence-corrected chi connectivity index (χ4v) is 3.74. The van der Waals surface area contributed by atoms with Crippen molar-refractivity contribution in [2.75, 3.05) is 7.11 Å². The number of carboxylic acid groups (broad SMARTS) is 1. The summed E-state index contributed by atoms with van der Waals surface area (Å²) in [5.41, 5.74) is 5.26. The lowest BCUT2D eigenvalue weighted by Crippen LogP contribution is -2.12. The lowest BCUT2D eigenvalue weighted by molar-refractivity contribution is 0.0697. The van der Waals surface area contributed by atoms with Gasteiger partial charge in [-0.05, 0) is 54.8 Å². The second-order valence-electron chi connectivity index (χ2n) is 6.49. The second-order valence-corrected chi connectivity index (χ2v) is 6.49. The third kappa shape index (κ3) is 2.47. The molecule has 132 valence electrons. The highest BCUT2D eigenvalue weighted by Gasteiger charge is 2.26. The van der Waals surface area contributed by atoms with E-state index < -0.39 is 5.97 Å². The maximum absolute atomic E-state index is 13.7. The number of halogens is 1. The van der Waals surface area contributed by atoms with Gasteiger partial charge < -0.3 is 14.4 Å². The summed E-state index contributed by atoms with van der Waals surface area (Å²) >= 11 is 0. The Kier molecular flexibility index (Phi) is 3.80. The van der Waals surface area contributed by atoms with E-state index in [1.165, 1.54) is 12.1 Å². The number of nitrogens with zero attached hydrogens (tertiary/aromatic N) is 1. The number of carbonyl (C=O) groups is 1. The average Bonchev–Trinajstić information content (AvgIpc) is 3.01. The minimum atomic E-state index is -1.02. The molecule has 26 heavy (non-hydrogen) atoms. The molecule has 0 bridgehead atoms. The maximum atomic E-state index is 13.7. The second kappa shape index (κ2) is 6.02. The quantitative estimate of drug-likeness (QED) is 0.754. The first-order chi connectivity index (χ1) is 12.5. The number of aromatic nitrogens is 1. The number of aromatic carboxylic acids is 1. The minimum Gasteiger partial charge on any atom is -0.496 e. The van der Waals surface area contributed by atoms with E-state index in [0.717, 1.165) is 34.6 Å². The summed E-state index contributed by atoms with van der Waals surface area (Å²) in [4.78, 5) is 11.9. The largest absolute Gasteiger partial charge is 0.496 e. The topological polar surface area (TPSA) is 51.5 Å². The van der Waals surface area contributed by atoms with Crippen LogP contribution in [0.3, 0.4) is 0 Å². The fraction of sp³-hybridized carbons (Fsp3) is 0.190. The summed E-state index contributed by atoms with van der Waals surface area (Å²) in [5.74, 6) is -0.573. The van der Waals surface area contributed by atoms with Gasteiger partial charge >= 0.3 is 5.97 Å². The van der Waals surface area contributed by atoms with Gasteiger partial charge in [-0.1, -0.05) is 12.1 Å². The Morgan fingerprint density at radius 2 is 2.04 bits per heavy atom. The highest BCUT2D eigenvalue weighted by molar-refractivity contribution is 5.98. The SMILES string of the molecule is COc1cc2c(cc1C)-c1cc(C(=O)O)c(-c3cccc(F)c3)n1CC2. The standard InChI is InChI=1S/C21H18FNO3/c1-12-8-16-13(10-19(12)26-2)6-7-23-18(16)11-17(21(24)25)20(23)14-4-3-5-15(22)9-14/h3-5,8-11H,6-7H2,1-2H3,(H,24,25). The summed E-state index contributed by atoms with van der Waals surface area (Å²) in [6.07, 6.45) is 0.759. The van der Waals surface area contributed by atoms with Crippen LogP contribution in [0.4, 0.5) is 4.39 Å². The predicted octanol–water partition coefficient (Wildman–Crippen LogP) is 4.53. The van der Waals surface area contributed by atoms with Crippen molar-refractivity contribution in [2.24, 2.45) is 0 Å². The van der Waals surface area contributed by atoms with Crippen LogP contribution in [0.25, 0.3) is 22.5 Å². The van der Waals surface area contributed by atoms with Crippen LogP contribution in [0.5, 0.6) is 5.75 Å². The summed E-state index contributed by atoms with van der Waals surface area (Å²) < 4.78 is 21.1. The van der Waals surface area contributed by atoms with Crippen molar-refractivity contribution in [3.05, 3.63) is 65.0 Å². The molecule has 1 aliphatic rings. The number of methoxy groups -OCH3 is 1. The Bertz CT molecular complexity index is 1040. The van der Waals surface area contributed by atoms with E-state index in [0.29, 0.717) is 17.8 Å². The van der Waals surface area contributed by atoms with Gasteiger partial charge in [-0.3, -0.25) is 0 Å². The van der Waals surface area contributed by atoms with Crippen LogP contribution in [0, 0.1) is 12.7 Å². The molecule has 0 amide bonds. The molecule has 2 heterocycles. The lowest BCUT2D eigenvalue weighted by atomic mass is 9.96. The van der Waals surface area contributed by atoms with Gasteiger partial charge in [-0.2, -0.15) is 0 Å². The monoisotopic (exact) mass is 351 g/mol. The maximum Gasteiger partial charge on any atom is 0.337 e. The van der Waals surface area contributed by atoms with Gasteiger partial charge in [0.05, 0.1) is 18.4 Å². The summed E-state index contributed by atoms with van der Waals surface area (Å²) in [6, 6.07) is 11.8. The van der Waals surface area contributed by atoms with Crippen molar-refractivity contribution >= 4 is 5.97 Å². The van der Waals surface area contributed by atoms with Crippen molar-refractivity contribution in [1.82, 2.24) is 4.57 Å². The predicted molar refractivity (Wildman–Crippen MR) is 97.2 cm³/mol. The Morgan fingerprint density at radius 1 is 1.23 bits per heavy atom. The van der Waals surface area contributed by atoms with Crippen LogP contribution < -0.4 is 4.74 Å². The molecule has 0 unspecified atom stereocenters. The first kappa shape index (κ1) is 16.4. The zero-order valence-electron chi connectivity index (χ0n) is 14.5. The van der Waals surface area contributed by atoms with E-state index in [1.807, 2.05) is 23.6 Å². The molecule has 2 aromatic carbocycles. The van der Waals surface area contributed by atoms with Crippen molar-refractivity contribution in [3.63, 3.8) is 0 Å². The van der Waals surface area contributed by atoms with E-state index >= 15 is 0 Å². The number of hydrogen-bond acceptors (Lipinski definition) is 2. The number of hydrogen-bond donors (Lipinski definition) is 1. The van der Waals surface area contributed by atoms with Crippen LogP contribution in [-0.4, -0.2) is 22.8 Å². The number of fused-ring (bicyclic) bond motifs is 3. The molecule has 4 rings (SSSR count). The van der Waals surface area contributed by atoms with Gasteiger partial charge in [0.1, 0.15) is 11.6 Å². The number of benzene rings is 2. The van der Waals surface area contributed by atoms with E-state index in [-0.39, 0.29) is 11.4 Å². The van der Waals surface area contributed by atoms with Crippen LogP contribution in [-0.2, 0) is 13.0 Å². The summed E-state index contributed by atoms with van der Waals surface area (Å²) in [7, 11) is 1.64. The molecule has 0 saturated carbocycles. The molecule has 4 nitrogen and oxygen atoms in total. The molecular formula is C21H18FNO3. The lowest BCUT2D eigenvalue weighted by Gasteiger charge is -2.23.